The summed E-state index contributed by atoms with van der Waals surface area (Å²) in [5, 5.41) is 3.52. The van der Waals surface area contributed by atoms with Crippen LogP contribution in [-0.4, -0.2) is 24.0 Å². The third kappa shape index (κ3) is 2.21. The maximum Gasteiger partial charge on any atom is 0.0503 e. The Kier molecular flexibility index (Phi) is 3.50. The minimum Gasteiger partial charge on any atom is -0.300 e. The van der Waals surface area contributed by atoms with E-state index in [-0.39, 0.29) is 6.04 Å². The van der Waals surface area contributed by atoms with Crippen LogP contribution in [-0.2, 0) is 0 Å². The Morgan fingerprint density at radius 2 is 2.00 bits per heavy atom. The molecule has 3 nitrogen and oxygen atoms in total. The number of rotatable bonds is 3. The lowest BCUT2D eigenvalue weighted by atomic mass is 9.82. The quantitative estimate of drug-likeness (QED) is 0.675. The van der Waals surface area contributed by atoms with Crippen molar-refractivity contribution in [3.05, 3.63) is 35.2 Å². The molecule has 3 unspecified atom stereocenters. The second-order valence-electron chi connectivity index (χ2n) is 6.61. The van der Waals surface area contributed by atoms with Crippen molar-refractivity contribution in [2.24, 2.45) is 11.8 Å². The number of nitrogens with two attached hydrogens (primary N) is 1. The first-order chi connectivity index (χ1) is 10.3. The Labute approximate surface area is 130 Å². The summed E-state index contributed by atoms with van der Waals surface area (Å²) in [5.74, 6) is 6.63. The third-order valence-corrected chi connectivity index (χ3v) is 6.61. The fourth-order valence-electron chi connectivity index (χ4n) is 4.47. The zero-order valence-electron chi connectivity index (χ0n) is 12.5. The van der Waals surface area contributed by atoms with Crippen LogP contribution in [0.4, 0.5) is 0 Å². The normalized spacial score (nSPS) is 30.9. The van der Waals surface area contributed by atoms with E-state index in [1.165, 1.54) is 41.3 Å². The van der Waals surface area contributed by atoms with Crippen LogP contribution in [0.3, 0.4) is 0 Å². The largest absolute Gasteiger partial charge is 0.300 e. The van der Waals surface area contributed by atoms with Crippen LogP contribution in [0, 0.1) is 5.92 Å². The van der Waals surface area contributed by atoms with Crippen molar-refractivity contribution in [3.8, 4) is 0 Å². The van der Waals surface area contributed by atoms with Crippen LogP contribution in [0.1, 0.15) is 37.3 Å². The number of nitrogens with zero attached hydrogens (tertiary/aromatic N) is 1. The molecule has 2 aliphatic heterocycles. The summed E-state index contributed by atoms with van der Waals surface area (Å²) in [4.78, 5) is 2.59. The molecule has 3 N–H and O–H groups in total. The Balaban J connectivity index is 1.67. The summed E-state index contributed by atoms with van der Waals surface area (Å²) in [7, 11) is 2.30. The highest BCUT2D eigenvalue weighted by atomic mass is 32.1. The number of hydrogen-bond donors (Lipinski definition) is 2. The van der Waals surface area contributed by atoms with Crippen molar-refractivity contribution in [2.45, 2.75) is 43.8 Å². The van der Waals surface area contributed by atoms with Crippen molar-refractivity contribution < 1.29 is 0 Å². The molecule has 2 aliphatic rings. The molecular formula is C17H23N3S. The van der Waals surface area contributed by atoms with Crippen molar-refractivity contribution in [1.82, 2.24) is 10.3 Å². The molecule has 4 heteroatoms. The molecule has 0 saturated carbocycles. The highest BCUT2D eigenvalue weighted by Crippen LogP contribution is 2.43. The van der Waals surface area contributed by atoms with Gasteiger partial charge in [0.2, 0.25) is 0 Å². The smallest absolute Gasteiger partial charge is 0.0503 e. The van der Waals surface area contributed by atoms with Gasteiger partial charge in [0.15, 0.2) is 0 Å². The number of thiophene rings is 1. The van der Waals surface area contributed by atoms with Gasteiger partial charge in [-0.05, 0) is 61.0 Å². The first kappa shape index (κ1) is 13.7. The minimum atomic E-state index is 0.282. The molecule has 0 radical (unpaired) electrons. The van der Waals surface area contributed by atoms with Crippen LogP contribution < -0.4 is 11.3 Å². The monoisotopic (exact) mass is 301 g/mol. The number of piperidine rings is 1. The van der Waals surface area contributed by atoms with Crippen molar-refractivity contribution in [3.63, 3.8) is 0 Å². The predicted molar refractivity (Wildman–Crippen MR) is 89.2 cm³/mol. The van der Waals surface area contributed by atoms with Gasteiger partial charge in [-0.15, -0.1) is 11.3 Å². The van der Waals surface area contributed by atoms with E-state index in [2.05, 4.69) is 47.0 Å². The maximum atomic E-state index is 5.98. The zero-order valence-corrected chi connectivity index (χ0v) is 13.3. The first-order valence-electron chi connectivity index (χ1n) is 7.92. The number of benzene rings is 1. The topological polar surface area (TPSA) is 41.3 Å². The summed E-state index contributed by atoms with van der Waals surface area (Å²) >= 11 is 1.83. The zero-order chi connectivity index (χ0) is 14.4. The number of fused-ring (bicyclic) bond motifs is 3. The van der Waals surface area contributed by atoms with E-state index in [0.717, 1.165) is 12.1 Å². The van der Waals surface area contributed by atoms with E-state index in [1.807, 2.05) is 11.3 Å². The summed E-state index contributed by atoms with van der Waals surface area (Å²) in [6, 6.07) is 10.6. The van der Waals surface area contributed by atoms with Gasteiger partial charge < -0.3 is 4.90 Å². The second-order valence-corrected chi connectivity index (χ2v) is 7.53. The van der Waals surface area contributed by atoms with E-state index in [4.69, 9.17) is 5.84 Å². The number of hydrogen-bond acceptors (Lipinski definition) is 4. The van der Waals surface area contributed by atoms with Crippen LogP contribution in [0.25, 0.3) is 10.1 Å². The first-order valence-corrected chi connectivity index (χ1v) is 8.80. The van der Waals surface area contributed by atoms with Gasteiger partial charge in [0.1, 0.15) is 0 Å². The summed E-state index contributed by atoms with van der Waals surface area (Å²) in [5.41, 5.74) is 4.53. The molecule has 4 rings (SSSR count). The highest BCUT2D eigenvalue weighted by molar-refractivity contribution is 7.17. The van der Waals surface area contributed by atoms with Crippen molar-refractivity contribution in [2.75, 3.05) is 7.05 Å². The third-order valence-electron chi connectivity index (χ3n) is 5.63. The average molecular weight is 301 g/mol. The fraction of sp³-hybridized carbons (Fsp3) is 0.529. The lowest BCUT2D eigenvalue weighted by molar-refractivity contribution is 0.113. The van der Waals surface area contributed by atoms with Crippen LogP contribution in [0.5, 0.6) is 0 Å². The highest BCUT2D eigenvalue weighted by Gasteiger charge is 2.41. The Bertz CT molecular complexity index is 624. The molecule has 3 heterocycles. The molecule has 1 aromatic heterocycles. The molecule has 112 valence electrons. The predicted octanol–water partition coefficient (Wildman–Crippen LogP) is 3.28. The summed E-state index contributed by atoms with van der Waals surface area (Å²) < 4.78 is 1.40. The molecule has 3 atom stereocenters. The number of nitrogens with one attached hydrogen (secondary N) is 1. The minimum absolute atomic E-state index is 0.282. The molecular weight excluding hydrogens is 278 g/mol. The van der Waals surface area contributed by atoms with E-state index in [1.54, 1.807) is 0 Å². The summed E-state index contributed by atoms with van der Waals surface area (Å²) in [6.45, 7) is 0. The van der Waals surface area contributed by atoms with Crippen molar-refractivity contribution in [1.29, 1.82) is 0 Å². The molecule has 21 heavy (non-hydrogen) atoms. The SMILES string of the molecule is CN1C2CCC1CC(C(NN)c1cccc3ccsc13)C2. The molecule has 1 aromatic carbocycles. The van der Waals surface area contributed by atoms with Gasteiger partial charge in [-0.25, -0.2) is 0 Å². The number of hydrazine groups is 1. The average Bonchev–Trinajstić information content (AvgIpc) is 3.03. The molecule has 2 aromatic rings. The molecule has 2 bridgehead atoms. The molecule has 0 spiro atoms. The Hall–Kier alpha value is -0.940. The Morgan fingerprint density at radius 1 is 1.24 bits per heavy atom. The van der Waals surface area contributed by atoms with Gasteiger partial charge in [0, 0.05) is 16.8 Å². The molecule has 0 amide bonds. The lowest BCUT2D eigenvalue weighted by Gasteiger charge is -2.39. The van der Waals surface area contributed by atoms with E-state index in [9.17, 15) is 0 Å². The van der Waals surface area contributed by atoms with Gasteiger partial charge in [-0.1, -0.05) is 18.2 Å². The van der Waals surface area contributed by atoms with E-state index < -0.39 is 0 Å². The van der Waals surface area contributed by atoms with Gasteiger partial charge in [-0.3, -0.25) is 11.3 Å². The Morgan fingerprint density at radius 3 is 2.71 bits per heavy atom. The second kappa shape index (κ2) is 5.36. The van der Waals surface area contributed by atoms with Gasteiger partial charge in [0.25, 0.3) is 0 Å². The lowest BCUT2D eigenvalue weighted by Crippen LogP contribution is -2.45. The fourth-order valence-corrected chi connectivity index (χ4v) is 5.42. The van der Waals surface area contributed by atoms with Crippen LogP contribution in [0.2, 0.25) is 0 Å². The van der Waals surface area contributed by atoms with Crippen LogP contribution >= 0.6 is 11.3 Å². The molecule has 2 fully saturated rings. The molecule has 0 aliphatic carbocycles. The van der Waals surface area contributed by atoms with Gasteiger partial charge in [0.05, 0.1) is 6.04 Å². The standard InChI is InChI=1S/C17H23N3S/c1-20-13-5-6-14(20)10-12(9-13)16(19-18)15-4-2-3-11-7-8-21-17(11)15/h2-4,7-8,12-14,16,19H,5-6,9-10,18H2,1H3. The van der Waals surface area contributed by atoms with Gasteiger partial charge >= 0.3 is 0 Å². The maximum absolute atomic E-state index is 5.98. The van der Waals surface area contributed by atoms with Gasteiger partial charge in [-0.2, -0.15) is 0 Å². The van der Waals surface area contributed by atoms with Crippen LogP contribution in [0.15, 0.2) is 29.6 Å². The van der Waals surface area contributed by atoms with Crippen molar-refractivity contribution >= 4 is 21.4 Å². The van der Waals surface area contributed by atoms with E-state index >= 15 is 0 Å². The van der Waals surface area contributed by atoms with E-state index in [0.29, 0.717) is 5.92 Å². The summed E-state index contributed by atoms with van der Waals surface area (Å²) in [6.07, 6.45) is 5.25. The molecule has 2 saturated heterocycles.